The summed E-state index contributed by atoms with van der Waals surface area (Å²) in [6.07, 6.45) is 0. The lowest BCUT2D eigenvalue weighted by Gasteiger charge is -2.07. The highest BCUT2D eigenvalue weighted by Crippen LogP contribution is 2.23. The van der Waals surface area contributed by atoms with E-state index in [0.717, 1.165) is 12.1 Å². The van der Waals surface area contributed by atoms with Gasteiger partial charge in [0.05, 0.1) is 11.0 Å². The first-order chi connectivity index (χ1) is 9.45. The largest absolute Gasteiger partial charge is 0.483 e. The van der Waals surface area contributed by atoms with E-state index in [1.807, 2.05) is 0 Å². The molecular weight excluding hydrogens is 289 g/mol. The van der Waals surface area contributed by atoms with Crippen LogP contribution in [0.15, 0.2) is 24.3 Å². The lowest BCUT2D eigenvalue weighted by molar-refractivity contribution is -0.385. The third-order valence-corrected chi connectivity index (χ3v) is 2.55. The first kappa shape index (κ1) is 14.1. The average Bonchev–Trinajstić information content (AvgIpc) is 2.36. The molecule has 6 nitrogen and oxygen atoms in total. The summed E-state index contributed by atoms with van der Waals surface area (Å²) in [7, 11) is 0. The standard InChI is InChI=1S/C12H9ClFN3O3/c1-7-4-11(13)16-12(15-7)6-20-10-3-2-8(17(18)19)5-9(10)14/h2-5H,6H2,1H3. The molecule has 0 fully saturated rings. The summed E-state index contributed by atoms with van der Waals surface area (Å²) in [6, 6.07) is 4.71. The van der Waals surface area contributed by atoms with E-state index in [-0.39, 0.29) is 23.2 Å². The minimum atomic E-state index is -0.821. The number of nitrogens with zero attached hydrogens (tertiary/aromatic N) is 3. The highest BCUT2D eigenvalue weighted by molar-refractivity contribution is 6.29. The summed E-state index contributed by atoms with van der Waals surface area (Å²) in [5.74, 6) is -0.637. The van der Waals surface area contributed by atoms with Gasteiger partial charge in [0.2, 0.25) is 0 Å². The minimum absolute atomic E-state index is 0.0872. The van der Waals surface area contributed by atoms with Gasteiger partial charge in [0, 0.05) is 11.8 Å². The molecule has 0 amide bonds. The van der Waals surface area contributed by atoms with Gasteiger partial charge in [-0.25, -0.2) is 14.4 Å². The Morgan fingerprint density at radius 1 is 1.40 bits per heavy atom. The molecule has 20 heavy (non-hydrogen) atoms. The zero-order valence-corrected chi connectivity index (χ0v) is 11.1. The summed E-state index contributed by atoms with van der Waals surface area (Å²) < 4.78 is 18.8. The smallest absolute Gasteiger partial charge is 0.272 e. The predicted octanol–water partition coefficient (Wildman–Crippen LogP) is 3.06. The monoisotopic (exact) mass is 297 g/mol. The number of non-ortho nitro benzene ring substituents is 1. The van der Waals surface area contributed by atoms with Gasteiger partial charge in [0.25, 0.3) is 5.69 Å². The van der Waals surface area contributed by atoms with Crippen LogP contribution in [0, 0.1) is 22.9 Å². The fourth-order valence-electron chi connectivity index (χ4n) is 1.52. The van der Waals surface area contributed by atoms with E-state index in [0.29, 0.717) is 11.5 Å². The van der Waals surface area contributed by atoms with Crippen molar-refractivity contribution in [3.8, 4) is 5.75 Å². The molecule has 0 aliphatic carbocycles. The van der Waals surface area contributed by atoms with Crippen molar-refractivity contribution in [3.05, 3.63) is 56.9 Å². The molecule has 0 saturated heterocycles. The highest BCUT2D eigenvalue weighted by Gasteiger charge is 2.12. The van der Waals surface area contributed by atoms with Crippen molar-refractivity contribution >= 4 is 17.3 Å². The SMILES string of the molecule is Cc1cc(Cl)nc(COc2ccc([N+](=O)[O-])cc2F)n1. The Labute approximate surface area is 118 Å². The van der Waals surface area contributed by atoms with Crippen molar-refractivity contribution < 1.29 is 14.1 Å². The van der Waals surface area contributed by atoms with Crippen LogP contribution in [0.4, 0.5) is 10.1 Å². The fraction of sp³-hybridized carbons (Fsp3) is 0.167. The van der Waals surface area contributed by atoms with Crippen LogP contribution in [0.5, 0.6) is 5.75 Å². The quantitative estimate of drug-likeness (QED) is 0.492. The van der Waals surface area contributed by atoms with Gasteiger partial charge in [-0.3, -0.25) is 10.1 Å². The first-order valence-electron chi connectivity index (χ1n) is 5.52. The Morgan fingerprint density at radius 2 is 2.15 bits per heavy atom. The molecule has 2 aromatic rings. The Hall–Kier alpha value is -2.28. The Balaban J connectivity index is 2.12. The van der Waals surface area contributed by atoms with Crippen molar-refractivity contribution in [2.75, 3.05) is 0 Å². The van der Waals surface area contributed by atoms with Gasteiger partial charge in [-0.15, -0.1) is 0 Å². The molecule has 0 radical (unpaired) electrons. The molecule has 1 aromatic heterocycles. The number of halogens is 2. The number of benzene rings is 1. The van der Waals surface area contributed by atoms with Crippen LogP contribution in [0.3, 0.4) is 0 Å². The van der Waals surface area contributed by atoms with Crippen molar-refractivity contribution in [2.45, 2.75) is 13.5 Å². The van der Waals surface area contributed by atoms with E-state index in [2.05, 4.69) is 9.97 Å². The maximum atomic E-state index is 13.6. The second-order valence-electron chi connectivity index (χ2n) is 3.91. The Kier molecular flexibility index (Phi) is 4.09. The predicted molar refractivity (Wildman–Crippen MR) is 69.2 cm³/mol. The topological polar surface area (TPSA) is 78.2 Å². The number of hydrogen-bond acceptors (Lipinski definition) is 5. The van der Waals surface area contributed by atoms with Crippen molar-refractivity contribution in [2.24, 2.45) is 0 Å². The molecule has 2 rings (SSSR count). The maximum Gasteiger partial charge on any atom is 0.272 e. The normalized spacial score (nSPS) is 10.3. The van der Waals surface area contributed by atoms with E-state index in [1.165, 1.54) is 6.07 Å². The van der Waals surface area contributed by atoms with Crippen molar-refractivity contribution in [3.63, 3.8) is 0 Å². The molecule has 0 aliphatic rings. The number of nitro groups is 1. The number of ether oxygens (including phenoxy) is 1. The molecule has 1 aromatic carbocycles. The van der Waals surface area contributed by atoms with Crippen LogP contribution in [-0.2, 0) is 6.61 Å². The van der Waals surface area contributed by atoms with E-state index in [9.17, 15) is 14.5 Å². The number of hydrogen-bond donors (Lipinski definition) is 0. The molecule has 0 spiro atoms. The average molecular weight is 298 g/mol. The molecule has 0 saturated carbocycles. The number of rotatable bonds is 4. The summed E-state index contributed by atoms with van der Waals surface area (Å²) in [6.45, 7) is 1.65. The van der Waals surface area contributed by atoms with Gasteiger partial charge in [0.1, 0.15) is 11.8 Å². The number of aryl methyl sites for hydroxylation is 1. The molecule has 0 unspecified atom stereocenters. The molecule has 104 valence electrons. The molecular formula is C12H9ClFN3O3. The zero-order valence-electron chi connectivity index (χ0n) is 10.3. The number of aromatic nitrogens is 2. The second kappa shape index (κ2) is 5.79. The molecule has 0 N–H and O–H groups in total. The maximum absolute atomic E-state index is 13.6. The third-order valence-electron chi connectivity index (χ3n) is 2.35. The van der Waals surface area contributed by atoms with Crippen LogP contribution in [0.2, 0.25) is 5.15 Å². The van der Waals surface area contributed by atoms with Gasteiger partial charge in [-0.05, 0) is 19.1 Å². The van der Waals surface area contributed by atoms with Crippen LogP contribution in [0.25, 0.3) is 0 Å². The van der Waals surface area contributed by atoms with E-state index >= 15 is 0 Å². The van der Waals surface area contributed by atoms with Crippen LogP contribution in [0.1, 0.15) is 11.5 Å². The lowest BCUT2D eigenvalue weighted by atomic mass is 10.3. The fourth-order valence-corrected chi connectivity index (χ4v) is 1.77. The summed E-state index contributed by atoms with van der Waals surface area (Å²) >= 11 is 5.76. The molecule has 0 aliphatic heterocycles. The van der Waals surface area contributed by atoms with E-state index in [1.54, 1.807) is 13.0 Å². The van der Waals surface area contributed by atoms with Gasteiger partial charge in [-0.2, -0.15) is 0 Å². The summed E-state index contributed by atoms with van der Waals surface area (Å²) in [5.41, 5.74) is 0.317. The zero-order chi connectivity index (χ0) is 14.7. The Bertz CT molecular complexity index is 646. The third kappa shape index (κ3) is 3.39. The number of nitro benzene ring substituents is 1. The molecule has 8 heteroatoms. The Morgan fingerprint density at radius 3 is 2.75 bits per heavy atom. The van der Waals surface area contributed by atoms with Gasteiger partial charge >= 0.3 is 0 Å². The van der Waals surface area contributed by atoms with Crippen molar-refractivity contribution in [1.82, 2.24) is 9.97 Å². The van der Waals surface area contributed by atoms with Gasteiger partial charge in [0.15, 0.2) is 17.4 Å². The van der Waals surface area contributed by atoms with E-state index in [4.69, 9.17) is 16.3 Å². The van der Waals surface area contributed by atoms with Crippen LogP contribution >= 0.6 is 11.6 Å². The second-order valence-corrected chi connectivity index (χ2v) is 4.30. The molecule has 0 atom stereocenters. The van der Waals surface area contributed by atoms with E-state index < -0.39 is 10.7 Å². The molecule has 0 bridgehead atoms. The van der Waals surface area contributed by atoms with Crippen LogP contribution < -0.4 is 4.74 Å². The summed E-state index contributed by atoms with van der Waals surface area (Å²) in [5, 5.41) is 10.7. The van der Waals surface area contributed by atoms with Gasteiger partial charge in [-0.1, -0.05) is 11.6 Å². The summed E-state index contributed by atoms with van der Waals surface area (Å²) in [4.78, 5) is 17.8. The lowest BCUT2D eigenvalue weighted by Crippen LogP contribution is -2.04. The van der Waals surface area contributed by atoms with Crippen molar-refractivity contribution in [1.29, 1.82) is 0 Å². The molecule has 1 heterocycles. The minimum Gasteiger partial charge on any atom is -0.483 e. The highest BCUT2D eigenvalue weighted by atomic mass is 35.5. The van der Waals surface area contributed by atoms with Crippen LogP contribution in [-0.4, -0.2) is 14.9 Å². The first-order valence-corrected chi connectivity index (χ1v) is 5.90. The van der Waals surface area contributed by atoms with Gasteiger partial charge < -0.3 is 4.74 Å².